The molecule has 30 heavy (non-hydrogen) atoms. The topological polar surface area (TPSA) is 71.0 Å². The summed E-state index contributed by atoms with van der Waals surface area (Å²) in [6, 6.07) is 15.0. The lowest BCUT2D eigenvalue weighted by Crippen LogP contribution is -2.51. The maximum absolute atomic E-state index is 13.4. The third-order valence-electron chi connectivity index (χ3n) is 5.89. The lowest BCUT2D eigenvalue weighted by Gasteiger charge is -2.38. The second-order valence-corrected chi connectivity index (χ2v) is 8.04. The number of aliphatic imine (C=N–C) groups is 1. The first kappa shape index (κ1) is 20.1. The Morgan fingerprint density at radius 1 is 1.13 bits per heavy atom. The number of nitrogens with one attached hydrogen (secondary N) is 1. The molecule has 0 atom stereocenters. The molecule has 1 aliphatic carbocycles. The first-order chi connectivity index (χ1) is 14.5. The van der Waals surface area contributed by atoms with Crippen LogP contribution in [0.25, 0.3) is 0 Å². The molecule has 6 heteroatoms. The van der Waals surface area contributed by atoms with Gasteiger partial charge in [-0.1, -0.05) is 18.6 Å². The first-order valence-corrected chi connectivity index (χ1v) is 10.4. The van der Waals surface area contributed by atoms with Gasteiger partial charge in [0.25, 0.3) is 5.91 Å². The molecule has 1 spiro atoms. The Morgan fingerprint density at radius 2 is 1.87 bits per heavy atom. The monoisotopic (exact) mass is 405 g/mol. The molecule has 2 aromatic rings. The third kappa shape index (κ3) is 3.95. The number of nitrogens with zero attached hydrogens (tertiary/aromatic N) is 2. The van der Waals surface area contributed by atoms with Crippen molar-refractivity contribution < 1.29 is 14.3 Å². The van der Waals surface area contributed by atoms with Crippen LogP contribution in [0.15, 0.2) is 53.5 Å². The van der Waals surface area contributed by atoms with E-state index in [0.29, 0.717) is 5.71 Å². The number of hydrogen-bond acceptors (Lipinski definition) is 4. The molecule has 0 bridgehead atoms. The van der Waals surface area contributed by atoms with E-state index in [1.54, 1.807) is 12.0 Å². The van der Waals surface area contributed by atoms with E-state index in [1.165, 1.54) is 0 Å². The van der Waals surface area contributed by atoms with E-state index in [-0.39, 0.29) is 18.4 Å². The molecule has 156 valence electrons. The van der Waals surface area contributed by atoms with E-state index in [4.69, 9.17) is 9.73 Å². The summed E-state index contributed by atoms with van der Waals surface area (Å²) in [7, 11) is 1.61. The molecular weight excluding hydrogens is 378 g/mol. The molecule has 4 rings (SSSR count). The first-order valence-electron chi connectivity index (χ1n) is 10.4. The van der Waals surface area contributed by atoms with Crippen LogP contribution >= 0.6 is 0 Å². The highest BCUT2D eigenvalue weighted by atomic mass is 16.5. The minimum atomic E-state index is -0.617. The van der Waals surface area contributed by atoms with Gasteiger partial charge in [-0.3, -0.25) is 14.6 Å². The van der Waals surface area contributed by atoms with Crippen LogP contribution in [0.3, 0.4) is 0 Å². The molecule has 0 radical (unpaired) electrons. The fraction of sp³-hybridized carbons (Fsp3) is 0.375. The van der Waals surface area contributed by atoms with Gasteiger partial charge in [-0.25, -0.2) is 0 Å². The van der Waals surface area contributed by atoms with E-state index in [2.05, 4.69) is 5.32 Å². The second-order valence-electron chi connectivity index (χ2n) is 8.04. The summed E-state index contributed by atoms with van der Waals surface area (Å²) in [5, 5.41) is 2.92. The van der Waals surface area contributed by atoms with Gasteiger partial charge < -0.3 is 15.0 Å². The Hall–Kier alpha value is -3.15. The van der Waals surface area contributed by atoms with Crippen LogP contribution in [0.5, 0.6) is 5.75 Å². The van der Waals surface area contributed by atoms with E-state index in [9.17, 15) is 9.59 Å². The van der Waals surface area contributed by atoms with Gasteiger partial charge in [0.2, 0.25) is 5.91 Å². The molecule has 1 saturated carbocycles. The smallest absolute Gasteiger partial charge is 0.275 e. The quantitative estimate of drug-likeness (QED) is 0.819. The van der Waals surface area contributed by atoms with Gasteiger partial charge in [-0.15, -0.1) is 0 Å². The van der Waals surface area contributed by atoms with Crippen molar-refractivity contribution in [3.8, 4) is 5.75 Å². The fourth-order valence-electron chi connectivity index (χ4n) is 4.36. The van der Waals surface area contributed by atoms with Gasteiger partial charge >= 0.3 is 0 Å². The lowest BCUT2D eigenvalue weighted by molar-refractivity contribution is -0.134. The second kappa shape index (κ2) is 8.30. The van der Waals surface area contributed by atoms with Crippen LogP contribution < -0.4 is 10.1 Å². The van der Waals surface area contributed by atoms with Crippen molar-refractivity contribution in [1.29, 1.82) is 0 Å². The van der Waals surface area contributed by atoms with Gasteiger partial charge in [0.15, 0.2) is 0 Å². The van der Waals surface area contributed by atoms with Crippen molar-refractivity contribution in [2.45, 2.75) is 44.7 Å². The van der Waals surface area contributed by atoms with E-state index >= 15 is 0 Å². The number of carbonyl (C=O) groups is 2. The van der Waals surface area contributed by atoms with Crippen LogP contribution in [0, 0.1) is 6.92 Å². The minimum Gasteiger partial charge on any atom is -0.497 e. The van der Waals surface area contributed by atoms with Gasteiger partial charge in [0.1, 0.15) is 23.7 Å². The zero-order chi connectivity index (χ0) is 21.1. The maximum atomic E-state index is 13.4. The van der Waals surface area contributed by atoms with Crippen LogP contribution in [0.1, 0.15) is 43.2 Å². The van der Waals surface area contributed by atoms with Gasteiger partial charge in [-0.2, -0.15) is 0 Å². The molecule has 1 N–H and O–H groups in total. The van der Waals surface area contributed by atoms with E-state index in [1.807, 2.05) is 55.5 Å². The summed E-state index contributed by atoms with van der Waals surface area (Å²) in [6.07, 6.45) is 4.71. The molecule has 1 fully saturated rings. The lowest BCUT2D eigenvalue weighted by atomic mass is 9.88. The number of amides is 2. The Morgan fingerprint density at radius 3 is 2.53 bits per heavy atom. The van der Waals surface area contributed by atoms with Crippen LogP contribution in [0.4, 0.5) is 5.69 Å². The third-order valence-corrected chi connectivity index (χ3v) is 5.89. The highest BCUT2D eigenvalue weighted by Crippen LogP contribution is 2.39. The molecule has 6 nitrogen and oxygen atoms in total. The summed E-state index contributed by atoms with van der Waals surface area (Å²) >= 11 is 0. The van der Waals surface area contributed by atoms with Gasteiger partial charge in [0, 0.05) is 11.3 Å². The zero-order valence-corrected chi connectivity index (χ0v) is 17.5. The number of aryl methyl sites for hydroxylation is 1. The number of carbonyl (C=O) groups excluding carboxylic acids is 2. The van der Waals surface area contributed by atoms with Crippen LogP contribution in [-0.4, -0.2) is 41.7 Å². The number of benzene rings is 2. The SMILES string of the molecule is COc1ccc(C2=NC3(CCCCC3)N(CC(=O)Nc3cccc(C)c3)C2=O)cc1. The number of hydrogen-bond donors (Lipinski definition) is 1. The fourth-order valence-corrected chi connectivity index (χ4v) is 4.36. The Balaban J connectivity index is 1.58. The summed E-state index contributed by atoms with van der Waals surface area (Å²) < 4.78 is 5.22. The normalized spacial score (nSPS) is 17.7. The number of methoxy groups -OCH3 is 1. The van der Waals surface area contributed by atoms with E-state index in [0.717, 1.165) is 54.7 Å². The van der Waals surface area contributed by atoms with Crippen LogP contribution in [-0.2, 0) is 9.59 Å². The van der Waals surface area contributed by atoms with Crippen LogP contribution in [0.2, 0.25) is 0 Å². The van der Waals surface area contributed by atoms with Gasteiger partial charge in [-0.05, 0) is 74.6 Å². The number of rotatable bonds is 5. The maximum Gasteiger partial charge on any atom is 0.275 e. The zero-order valence-electron chi connectivity index (χ0n) is 17.5. The van der Waals surface area contributed by atoms with Crippen molar-refractivity contribution in [2.75, 3.05) is 19.0 Å². The highest BCUT2D eigenvalue weighted by molar-refractivity contribution is 6.47. The van der Waals surface area contributed by atoms with Gasteiger partial charge in [0.05, 0.1) is 7.11 Å². The summed E-state index contributed by atoms with van der Waals surface area (Å²) in [5.74, 6) is 0.345. The molecule has 2 aromatic carbocycles. The average Bonchev–Trinajstić information content (AvgIpc) is 3.00. The standard InChI is InChI=1S/C24H27N3O3/c1-17-7-6-8-19(15-17)25-21(28)16-27-23(29)22(18-9-11-20(30-2)12-10-18)26-24(27)13-4-3-5-14-24/h6-12,15H,3-5,13-14,16H2,1-2H3,(H,25,28). The predicted octanol–water partition coefficient (Wildman–Crippen LogP) is 3.93. The van der Waals surface area contributed by atoms with E-state index < -0.39 is 5.66 Å². The summed E-state index contributed by atoms with van der Waals surface area (Å²) in [6.45, 7) is 1.97. The average molecular weight is 405 g/mol. The molecule has 1 heterocycles. The molecule has 1 aliphatic heterocycles. The van der Waals surface area contributed by atoms with Crippen molar-refractivity contribution in [3.05, 3.63) is 59.7 Å². The summed E-state index contributed by atoms with van der Waals surface area (Å²) in [4.78, 5) is 32.8. The number of ether oxygens (including phenoxy) is 1. The minimum absolute atomic E-state index is 0.00404. The van der Waals surface area contributed by atoms with Crippen molar-refractivity contribution in [3.63, 3.8) is 0 Å². The Kier molecular flexibility index (Phi) is 5.57. The van der Waals surface area contributed by atoms with Crippen molar-refractivity contribution in [2.24, 2.45) is 4.99 Å². The largest absolute Gasteiger partial charge is 0.497 e. The molecular formula is C24H27N3O3. The molecule has 0 aromatic heterocycles. The molecule has 2 aliphatic rings. The van der Waals surface area contributed by atoms with Crippen molar-refractivity contribution in [1.82, 2.24) is 4.90 Å². The predicted molar refractivity (Wildman–Crippen MR) is 117 cm³/mol. The summed E-state index contributed by atoms with van der Waals surface area (Å²) in [5.41, 5.74) is 2.38. The van der Waals surface area contributed by atoms with Crippen molar-refractivity contribution >= 4 is 23.2 Å². The highest BCUT2D eigenvalue weighted by Gasteiger charge is 2.48. The molecule has 0 unspecified atom stereocenters. The number of anilines is 1. The Labute approximate surface area is 176 Å². The molecule has 0 saturated heterocycles. The Bertz CT molecular complexity index is 975. The molecule has 2 amide bonds.